The average Bonchev–Trinajstić information content (AvgIpc) is 3.21. The lowest BCUT2D eigenvalue weighted by Crippen LogP contribution is -2.33. The Kier molecular flexibility index (Phi) is 4.31. The van der Waals surface area contributed by atoms with Crippen LogP contribution in [0.2, 0.25) is 0 Å². The van der Waals surface area contributed by atoms with Gasteiger partial charge in [0, 0.05) is 31.3 Å². The number of pyridine rings is 1. The molecule has 2 aromatic heterocycles. The first-order chi connectivity index (χ1) is 11.4. The molecule has 2 unspecified atom stereocenters. The van der Waals surface area contributed by atoms with E-state index in [2.05, 4.69) is 27.4 Å². The Morgan fingerprint density at radius 3 is 3.09 bits per heavy atom. The minimum absolute atomic E-state index is 0.412. The number of likely N-dealkylation sites (tertiary alicyclic amines) is 1. The minimum Gasteiger partial charge on any atom is -0.381 e. The van der Waals surface area contributed by atoms with E-state index in [-0.39, 0.29) is 0 Å². The molecule has 2 aromatic rings. The van der Waals surface area contributed by atoms with Crippen molar-refractivity contribution in [3.05, 3.63) is 24.2 Å². The Balaban J connectivity index is 1.70. The molecule has 0 aliphatic carbocycles. The molecule has 5 nitrogen and oxygen atoms in total. The van der Waals surface area contributed by atoms with Gasteiger partial charge in [-0.05, 0) is 50.9 Å². The highest BCUT2D eigenvalue weighted by Gasteiger charge is 2.28. The maximum Gasteiger partial charge on any atom is 0.160 e. The highest BCUT2D eigenvalue weighted by Crippen LogP contribution is 2.29. The number of likely N-dealkylation sites (N-methyl/N-ethyl adjacent to an activating group) is 1. The van der Waals surface area contributed by atoms with Gasteiger partial charge in [0.1, 0.15) is 11.3 Å². The number of hydrogen-bond acceptors (Lipinski definition) is 4. The summed E-state index contributed by atoms with van der Waals surface area (Å²) in [6.07, 6.45) is 6.77. The van der Waals surface area contributed by atoms with Gasteiger partial charge in [-0.2, -0.15) is 0 Å². The van der Waals surface area contributed by atoms with Crippen LogP contribution >= 0.6 is 0 Å². The maximum absolute atomic E-state index is 5.72. The van der Waals surface area contributed by atoms with Gasteiger partial charge in [0.15, 0.2) is 5.65 Å². The minimum atomic E-state index is 0.412. The summed E-state index contributed by atoms with van der Waals surface area (Å²) in [5, 5.41) is 0. The van der Waals surface area contributed by atoms with E-state index in [0.29, 0.717) is 12.0 Å². The van der Waals surface area contributed by atoms with Crippen LogP contribution in [0.3, 0.4) is 0 Å². The molecule has 124 valence electrons. The van der Waals surface area contributed by atoms with Crippen LogP contribution in [0.25, 0.3) is 11.2 Å². The van der Waals surface area contributed by atoms with E-state index in [1.54, 1.807) is 0 Å². The monoisotopic (exact) mass is 314 g/mol. The Bertz CT molecular complexity index is 662. The van der Waals surface area contributed by atoms with Crippen molar-refractivity contribution in [2.24, 2.45) is 0 Å². The van der Waals surface area contributed by atoms with Crippen LogP contribution in [-0.2, 0) is 11.3 Å². The van der Waals surface area contributed by atoms with E-state index < -0.39 is 0 Å². The fourth-order valence-corrected chi connectivity index (χ4v) is 4.14. The van der Waals surface area contributed by atoms with Gasteiger partial charge in [-0.1, -0.05) is 6.92 Å². The van der Waals surface area contributed by atoms with Gasteiger partial charge in [0.25, 0.3) is 0 Å². The standard InChI is InChI=1S/C18H26N4O/c1-2-21-10-4-7-15(21)12-22-17(14-6-5-11-23-13-14)20-16-8-3-9-19-18(16)22/h3,8-9,14-15H,2,4-7,10-13H2,1H3. The highest BCUT2D eigenvalue weighted by molar-refractivity contribution is 5.71. The second kappa shape index (κ2) is 6.57. The average molecular weight is 314 g/mol. The number of hydrogen-bond donors (Lipinski definition) is 0. The largest absolute Gasteiger partial charge is 0.381 e. The number of aromatic nitrogens is 3. The van der Waals surface area contributed by atoms with Crippen molar-refractivity contribution in [3.63, 3.8) is 0 Å². The normalized spacial score (nSPS) is 26.1. The molecule has 4 heterocycles. The lowest BCUT2D eigenvalue weighted by atomic mass is 10.0. The number of rotatable bonds is 4. The Labute approximate surface area is 137 Å². The van der Waals surface area contributed by atoms with Crippen LogP contribution in [0.4, 0.5) is 0 Å². The third-order valence-corrected chi connectivity index (χ3v) is 5.36. The van der Waals surface area contributed by atoms with Crippen LogP contribution in [-0.4, -0.2) is 51.8 Å². The van der Waals surface area contributed by atoms with Crippen LogP contribution in [0.1, 0.15) is 44.3 Å². The van der Waals surface area contributed by atoms with Crippen molar-refractivity contribution in [2.75, 3.05) is 26.3 Å². The van der Waals surface area contributed by atoms with E-state index in [4.69, 9.17) is 9.72 Å². The molecule has 0 amide bonds. The molecule has 0 N–H and O–H groups in total. The highest BCUT2D eigenvalue weighted by atomic mass is 16.5. The molecule has 2 saturated heterocycles. The lowest BCUT2D eigenvalue weighted by molar-refractivity contribution is 0.0767. The van der Waals surface area contributed by atoms with Crippen molar-refractivity contribution < 1.29 is 4.74 Å². The molecule has 23 heavy (non-hydrogen) atoms. The van der Waals surface area contributed by atoms with Gasteiger partial charge in [0.05, 0.1) is 6.61 Å². The summed E-state index contributed by atoms with van der Waals surface area (Å²) in [4.78, 5) is 12.2. The smallest absolute Gasteiger partial charge is 0.160 e. The van der Waals surface area contributed by atoms with Crippen LogP contribution in [0.5, 0.6) is 0 Å². The Morgan fingerprint density at radius 2 is 2.26 bits per heavy atom. The maximum atomic E-state index is 5.72. The van der Waals surface area contributed by atoms with Crippen molar-refractivity contribution in [1.29, 1.82) is 0 Å². The first kappa shape index (κ1) is 15.1. The SMILES string of the molecule is CCN1CCCC1Cn1c(C2CCCOC2)nc2cccnc21. The molecule has 2 fully saturated rings. The summed E-state index contributed by atoms with van der Waals surface area (Å²) < 4.78 is 8.10. The molecule has 0 aromatic carbocycles. The van der Waals surface area contributed by atoms with Gasteiger partial charge in [-0.15, -0.1) is 0 Å². The predicted molar refractivity (Wildman–Crippen MR) is 90.6 cm³/mol. The topological polar surface area (TPSA) is 43.2 Å². The molecule has 4 rings (SSSR count). The first-order valence-electron chi connectivity index (χ1n) is 8.99. The molecular formula is C18H26N4O. The molecule has 0 bridgehead atoms. The van der Waals surface area contributed by atoms with E-state index in [1.165, 1.54) is 31.6 Å². The second-order valence-corrected chi connectivity index (χ2v) is 6.77. The Hall–Kier alpha value is -1.46. The molecule has 0 radical (unpaired) electrons. The van der Waals surface area contributed by atoms with Crippen molar-refractivity contribution in [3.8, 4) is 0 Å². The molecule has 0 spiro atoms. The molecular weight excluding hydrogens is 288 g/mol. The number of nitrogens with zero attached hydrogens (tertiary/aromatic N) is 4. The van der Waals surface area contributed by atoms with Crippen molar-refractivity contribution >= 4 is 11.2 Å². The third kappa shape index (κ3) is 2.88. The predicted octanol–water partition coefficient (Wildman–Crippen LogP) is 2.81. The second-order valence-electron chi connectivity index (χ2n) is 6.77. The summed E-state index contributed by atoms with van der Waals surface area (Å²) in [7, 11) is 0. The summed E-state index contributed by atoms with van der Waals surface area (Å²) in [6.45, 7) is 7.31. The van der Waals surface area contributed by atoms with E-state index in [1.807, 2.05) is 12.3 Å². The fraction of sp³-hybridized carbons (Fsp3) is 0.667. The van der Waals surface area contributed by atoms with Crippen LogP contribution in [0, 0.1) is 0 Å². The van der Waals surface area contributed by atoms with Crippen molar-refractivity contribution in [1.82, 2.24) is 19.4 Å². The fourth-order valence-electron chi connectivity index (χ4n) is 4.14. The van der Waals surface area contributed by atoms with Crippen LogP contribution in [0.15, 0.2) is 18.3 Å². The summed E-state index contributed by atoms with van der Waals surface area (Å²) in [5.74, 6) is 1.59. The first-order valence-corrected chi connectivity index (χ1v) is 8.99. The Morgan fingerprint density at radius 1 is 1.30 bits per heavy atom. The molecule has 0 saturated carbocycles. The zero-order chi connectivity index (χ0) is 15.6. The number of imidazole rings is 1. The van der Waals surface area contributed by atoms with Crippen LogP contribution < -0.4 is 0 Å². The molecule has 2 aliphatic rings. The van der Waals surface area contributed by atoms with Gasteiger partial charge in [-0.25, -0.2) is 9.97 Å². The summed E-state index contributed by atoms with van der Waals surface area (Å²) in [5.41, 5.74) is 2.06. The molecule has 5 heteroatoms. The van der Waals surface area contributed by atoms with E-state index in [0.717, 1.165) is 43.9 Å². The van der Waals surface area contributed by atoms with Gasteiger partial charge >= 0.3 is 0 Å². The third-order valence-electron chi connectivity index (χ3n) is 5.36. The molecule has 2 aliphatic heterocycles. The lowest BCUT2D eigenvalue weighted by Gasteiger charge is -2.26. The van der Waals surface area contributed by atoms with E-state index in [9.17, 15) is 0 Å². The van der Waals surface area contributed by atoms with E-state index >= 15 is 0 Å². The molecule has 2 atom stereocenters. The quantitative estimate of drug-likeness (QED) is 0.870. The zero-order valence-electron chi connectivity index (χ0n) is 13.9. The van der Waals surface area contributed by atoms with Gasteiger partial charge < -0.3 is 9.30 Å². The van der Waals surface area contributed by atoms with Gasteiger partial charge in [-0.3, -0.25) is 4.90 Å². The number of fused-ring (bicyclic) bond motifs is 1. The van der Waals surface area contributed by atoms with Crippen molar-refractivity contribution in [2.45, 2.75) is 51.1 Å². The zero-order valence-corrected chi connectivity index (χ0v) is 13.9. The summed E-state index contributed by atoms with van der Waals surface area (Å²) in [6, 6.07) is 4.68. The number of ether oxygens (including phenoxy) is 1. The van der Waals surface area contributed by atoms with Gasteiger partial charge in [0.2, 0.25) is 0 Å². The summed E-state index contributed by atoms with van der Waals surface area (Å²) >= 11 is 0.